The molecule has 1 amide bonds. The lowest BCUT2D eigenvalue weighted by Crippen LogP contribution is -2.12. The molecule has 4 rings (SSSR count). The van der Waals surface area contributed by atoms with Crippen LogP contribution in [0.5, 0.6) is 0 Å². The topological polar surface area (TPSA) is 98.7 Å². The van der Waals surface area contributed by atoms with Gasteiger partial charge in [0, 0.05) is 10.7 Å². The quantitative estimate of drug-likeness (QED) is 0.581. The van der Waals surface area contributed by atoms with E-state index in [9.17, 15) is 4.79 Å². The molecule has 0 bridgehead atoms. The number of nitrogens with one attached hydrogen (secondary N) is 1. The maximum absolute atomic E-state index is 12.2. The molecule has 27 heavy (non-hydrogen) atoms. The molecule has 2 heterocycles. The number of benzene rings is 2. The van der Waals surface area contributed by atoms with E-state index in [1.807, 2.05) is 31.2 Å². The molecule has 2 aromatic carbocycles. The summed E-state index contributed by atoms with van der Waals surface area (Å²) in [5.41, 5.74) is 2.96. The van der Waals surface area contributed by atoms with Gasteiger partial charge in [-0.05, 0) is 43.3 Å². The van der Waals surface area contributed by atoms with Gasteiger partial charge in [0.2, 0.25) is 5.82 Å². The molecular weight excluding hydrogens is 368 g/mol. The van der Waals surface area contributed by atoms with Gasteiger partial charge in [-0.15, -0.1) is 5.10 Å². The van der Waals surface area contributed by atoms with Crippen LogP contribution in [-0.2, 0) is 0 Å². The van der Waals surface area contributed by atoms with Crippen LogP contribution in [0.1, 0.15) is 16.2 Å². The standard InChI is InChI=1S/C18H13ClN6O2/c1-11-2-8-14(9-3-11)25-10-15(22-24-25)16-21-18(27-23-16)17(26)20-13-6-4-12(19)5-7-13/h2-10H,1H3,(H,20,26). The Labute approximate surface area is 158 Å². The average Bonchev–Trinajstić information content (AvgIpc) is 3.33. The average molecular weight is 381 g/mol. The minimum absolute atomic E-state index is 0.176. The Morgan fingerprint density at radius 1 is 1.11 bits per heavy atom. The van der Waals surface area contributed by atoms with Gasteiger partial charge in [0.1, 0.15) is 0 Å². The Kier molecular flexibility index (Phi) is 4.39. The summed E-state index contributed by atoms with van der Waals surface area (Å²) in [6.45, 7) is 2.01. The lowest BCUT2D eigenvalue weighted by Gasteiger charge is -2.01. The van der Waals surface area contributed by atoms with Gasteiger partial charge in [0.25, 0.3) is 0 Å². The summed E-state index contributed by atoms with van der Waals surface area (Å²) in [6.07, 6.45) is 1.66. The van der Waals surface area contributed by atoms with E-state index in [0.29, 0.717) is 16.4 Å². The van der Waals surface area contributed by atoms with E-state index < -0.39 is 5.91 Å². The van der Waals surface area contributed by atoms with Crippen LogP contribution in [0.2, 0.25) is 5.02 Å². The normalized spacial score (nSPS) is 10.7. The second-order valence-electron chi connectivity index (χ2n) is 5.77. The molecule has 0 saturated carbocycles. The fourth-order valence-electron chi connectivity index (χ4n) is 2.33. The maximum Gasteiger partial charge on any atom is 0.316 e. The molecule has 0 aliphatic heterocycles. The van der Waals surface area contributed by atoms with E-state index in [1.165, 1.54) is 0 Å². The number of hydrogen-bond acceptors (Lipinski definition) is 6. The zero-order valence-corrected chi connectivity index (χ0v) is 14.9. The maximum atomic E-state index is 12.2. The molecule has 0 saturated heterocycles. The van der Waals surface area contributed by atoms with Gasteiger partial charge in [-0.1, -0.05) is 39.7 Å². The lowest BCUT2D eigenvalue weighted by molar-refractivity contribution is 0.0981. The summed E-state index contributed by atoms with van der Waals surface area (Å²) in [5, 5.41) is 15.1. The van der Waals surface area contributed by atoms with Crippen molar-refractivity contribution in [3.8, 4) is 17.2 Å². The summed E-state index contributed by atoms with van der Waals surface area (Å²) >= 11 is 5.82. The molecule has 0 aliphatic carbocycles. The first-order valence-electron chi connectivity index (χ1n) is 7.99. The number of aryl methyl sites for hydroxylation is 1. The largest absolute Gasteiger partial charge is 0.328 e. The Morgan fingerprint density at radius 3 is 2.59 bits per heavy atom. The molecule has 134 valence electrons. The van der Waals surface area contributed by atoms with Gasteiger partial charge in [-0.25, -0.2) is 4.68 Å². The zero-order valence-electron chi connectivity index (χ0n) is 14.1. The number of amides is 1. The number of rotatable bonds is 4. The van der Waals surface area contributed by atoms with Crippen LogP contribution in [0, 0.1) is 6.92 Å². The second-order valence-corrected chi connectivity index (χ2v) is 6.20. The van der Waals surface area contributed by atoms with Crippen LogP contribution in [0.4, 0.5) is 5.69 Å². The summed E-state index contributed by atoms with van der Waals surface area (Å²) in [4.78, 5) is 16.3. The molecule has 2 aromatic heterocycles. The van der Waals surface area contributed by atoms with Crippen molar-refractivity contribution < 1.29 is 9.32 Å². The van der Waals surface area contributed by atoms with E-state index in [0.717, 1.165) is 11.3 Å². The van der Waals surface area contributed by atoms with E-state index in [-0.39, 0.29) is 11.7 Å². The minimum Gasteiger partial charge on any atom is -0.328 e. The third-order valence-electron chi connectivity index (χ3n) is 3.74. The van der Waals surface area contributed by atoms with Crippen LogP contribution in [0.3, 0.4) is 0 Å². The van der Waals surface area contributed by atoms with Gasteiger partial charge < -0.3 is 9.84 Å². The van der Waals surface area contributed by atoms with Gasteiger partial charge in [-0.3, -0.25) is 4.79 Å². The molecule has 8 nitrogen and oxygen atoms in total. The van der Waals surface area contributed by atoms with Crippen LogP contribution >= 0.6 is 11.6 Å². The van der Waals surface area contributed by atoms with Crippen molar-refractivity contribution in [2.45, 2.75) is 6.92 Å². The summed E-state index contributed by atoms with van der Waals surface area (Å²) in [6, 6.07) is 14.5. The Balaban J connectivity index is 1.51. The van der Waals surface area contributed by atoms with Crippen LogP contribution in [-0.4, -0.2) is 31.0 Å². The number of halogens is 1. The molecule has 0 aliphatic rings. The van der Waals surface area contributed by atoms with Gasteiger partial charge in [-0.2, -0.15) is 4.98 Å². The zero-order chi connectivity index (χ0) is 18.8. The lowest BCUT2D eigenvalue weighted by atomic mass is 10.2. The minimum atomic E-state index is -0.526. The van der Waals surface area contributed by atoms with Crippen molar-refractivity contribution in [1.29, 1.82) is 0 Å². The highest BCUT2D eigenvalue weighted by molar-refractivity contribution is 6.30. The van der Waals surface area contributed by atoms with Crippen molar-refractivity contribution in [1.82, 2.24) is 25.1 Å². The number of carbonyl (C=O) groups is 1. The number of aromatic nitrogens is 5. The number of nitrogens with zero attached hydrogens (tertiary/aromatic N) is 5. The van der Waals surface area contributed by atoms with Gasteiger partial charge in [0.05, 0.1) is 11.9 Å². The number of carbonyl (C=O) groups excluding carboxylic acids is 1. The van der Waals surface area contributed by atoms with Crippen LogP contribution < -0.4 is 5.32 Å². The molecule has 1 N–H and O–H groups in total. The van der Waals surface area contributed by atoms with E-state index in [4.69, 9.17) is 16.1 Å². The molecule has 0 radical (unpaired) electrons. The van der Waals surface area contributed by atoms with Crippen molar-refractivity contribution in [2.75, 3.05) is 5.32 Å². The van der Waals surface area contributed by atoms with Gasteiger partial charge in [0.15, 0.2) is 5.69 Å². The van der Waals surface area contributed by atoms with Crippen molar-refractivity contribution in [3.05, 3.63) is 71.2 Å². The summed E-state index contributed by atoms with van der Waals surface area (Å²) in [7, 11) is 0. The number of anilines is 1. The monoisotopic (exact) mass is 380 g/mol. The highest BCUT2D eigenvalue weighted by Gasteiger charge is 2.18. The van der Waals surface area contributed by atoms with E-state index in [2.05, 4.69) is 25.8 Å². The molecule has 0 fully saturated rings. The third-order valence-corrected chi connectivity index (χ3v) is 4.00. The van der Waals surface area contributed by atoms with Crippen molar-refractivity contribution in [2.24, 2.45) is 0 Å². The summed E-state index contributed by atoms with van der Waals surface area (Å²) < 4.78 is 6.63. The predicted octanol–water partition coefficient (Wildman–Crippen LogP) is 3.53. The highest BCUT2D eigenvalue weighted by atomic mass is 35.5. The van der Waals surface area contributed by atoms with E-state index >= 15 is 0 Å². The third kappa shape index (κ3) is 3.70. The predicted molar refractivity (Wildman–Crippen MR) is 98.8 cm³/mol. The molecule has 0 atom stereocenters. The molecule has 0 spiro atoms. The Bertz CT molecular complexity index is 1090. The number of hydrogen-bond donors (Lipinski definition) is 1. The molecular formula is C18H13ClN6O2. The van der Waals surface area contributed by atoms with Crippen molar-refractivity contribution >= 4 is 23.2 Å². The SMILES string of the molecule is Cc1ccc(-n2cc(-c3noc(C(=O)Nc4ccc(Cl)cc4)n3)nn2)cc1. The summed E-state index contributed by atoms with van der Waals surface area (Å²) in [5.74, 6) is -0.526. The molecule has 4 aromatic rings. The fourth-order valence-corrected chi connectivity index (χ4v) is 2.45. The fraction of sp³-hybridized carbons (Fsp3) is 0.0556. The van der Waals surface area contributed by atoms with Crippen LogP contribution in [0.15, 0.2) is 59.3 Å². The van der Waals surface area contributed by atoms with Gasteiger partial charge >= 0.3 is 11.8 Å². The highest BCUT2D eigenvalue weighted by Crippen LogP contribution is 2.17. The first-order valence-corrected chi connectivity index (χ1v) is 8.37. The Morgan fingerprint density at radius 2 is 1.85 bits per heavy atom. The second kappa shape index (κ2) is 7.00. The molecule has 9 heteroatoms. The van der Waals surface area contributed by atoms with Crippen molar-refractivity contribution in [3.63, 3.8) is 0 Å². The Hall–Kier alpha value is -3.52. The first kappa shape index (κ1) is 16.9. The van der Waals surface area contributed by atoms with E-state index in [1.54, 1.807) is 35.1 Å². The molecule has 0 unspecified atom stereocenters. The first-order chi connectivity index (χ1) is 13.1. The van der Waals surface area contributed by atoms with Crippen LogP contribution in [0.25, 0.3) is 17.2 Å². The smallest absolute Gasteiger partial charge is 0.316 e.